The summed E-state index contributed by atoms with van der Waals surface area (Å²) in [6.07, 6.45) is 15.0. The van der Waals surface area contributed by atoms with Crippen LogP contribution in [0.25, 0.3) is 0 Å². The van der Waals surface area contributed by atoms with Crippen LogP contribution in [0.2, 0.25) is 0 Å². The quantitative estimate of drug-likeness (QED) is 0.550. The van der Waals surface area contributed by atoms with Crippen LogP contribution >= 0.6 is 0 Å². The van der Waals surface area contributed by atoms with Crippen molar-refractivity contribution in [1.82, 2.24) is 0 Å². The third-order valence-electron chi connectivity index (χ3n) is 4.37. The molecule has 0 heterocycles. The minimum absolute atomic E-state index is 0.0747. The second-order valence-electron chi connectivity index (χ2n) is 6.86. The van der Waals surface area contributed by atoms with Crippen LogP contribution < -0.4 is 0 Å². The van der Waals surface area contributed by atoms with Crippen LogP contribution in [0.5, 0.6) is 0 Å². The Labute approximate surface area is 147 Å². The third kappa shape index (κ3) is 6.74. The first kappa shape index (κ1) is 20.2. The highest BCUT2D eigenvalue weighted by Gasteiger charge is 2.18. The number of hydrogen-bond acceptors (Lipinski definition) is 1. The van der Waals surface area contributed by atoms with E-state index in [-0.39, 0.29) is 6.42 Å². The van der Waals surface area contributed by atoms with Gasteiger partial charge in [-0.3, -0.25) is 4.79 Å². The molecular formula is C22H32O2. The van der Waals surface area contributed by atoms with Crippen molar-refractivity contribution in [2.24, 2.45) is 5.92 Å². The summed E-state index contributed by atoms with van der Waals surface area (Å²) >= 11 is 0. The lowest BCUT2D eigenvalue weighted by Crippen LogP contribution is -2.08. The molecule has 1 rings (SSSR count). The van der Waals surface area contributed by atoms with Gasteiger partial charge in [-0.05, 0) is 56.6 Å². The van der Waals surface area contributed by atoms with Crippen molar-refractivity contribution in [3.8, 4) is 0 Å². The molecule has 0 saturated heterocycles. The van der Waals surface area contributed by atoms with Crippen LogP contribution in [0.3, 0.4) is 0 Å². The summed E-state index contributed by atoms with van der Waals surface area (Å²) in [7, 11) is 0. The maximum atomic E-state index is 10.6. The number of aliphatic carboxylic acids is 1. The van der Waals surface area contributed by atoms with Crippen LogP contribution in [0, 0.1) is 5.92 Å². The zero-order valence-corrected chi connectivity index (χ0v) is 15.9. The zero-order valence-electron chi connectivity index (χ0n) is 15.9. The molecule has 0 spiro atoms. The van der Waals surface area contributed by atoms with Gasteiger partial charge in [0.1, 0.15) is 0 Å². The van der Waals surface area contributed by atoms with Crippen LogP contribution in [0.4, 0.5) is 0 Å². The fourth-order valence-corrected chi connectivity index (χ4v) is 3.28. The molecule has 1 aliphatic carbocycles. The summed E-state index contributed by atoms with van der Waals surface area (Å²) in [5.41, 5.74) is 6.90. The number of carbonyl (C=O) groups is 1. The Balaban J connectivity index is 2.90. The van der Waals surface area contributed by atoms with Crippen molar-refractivity contribution in [3.05, 3.63) is 58.2 Å². The Bertz CT molecular complexity index is 595. The lowest BCUT2D eigenvalue weighted by atomic mass is 9.80. The topological polar surface area (TPSA) is 37.3 Å². The number of hydrogen-bond donors (Lipinski definition) is 1. The number of allylic oxidation sites excluding steroid dienone is 9. The van der Waals surface area contributed by atoms with E-state index in [0.29, 0.717) is 5.92 Å². The van der Waals surface area contributed by atoms with E-state index in [1.54, 1.807) is 17.2 Å². The average molecular weight is 328 g/mol. The van der Waals surface area contributed by atoms with E-state index in [1.807, 2.05) is 19.1 Å². The van der Waals surface area contributed by atoms with Gasteiger partial charge in [0, 0.05) is 0 Å². The van der Waals surface area contributed by atoms with Crippen LogP contribution in [0.15, 0.2) is 58.2 Å². The van der Waals surface area contributed by atoms with Gasteiger partial charge in [0.15, 0.2) is 0 Å². The molecule has 0 aromatic carbocycles. The molecule has 0 aromatic rings. The van der Waals surface area contributed by atoms with Gasteiger partial charge in [-0.2, -0.15) is 0 Å². The lowest BCUT2D eigenvalue weighted by molar-refractivity contribution is -0.136. The van der Waals surface area contributed by atoms with E-state index in [0.717, 1.165) is 12.0 Å². The highest BCUT2D eigenvalue weighted by Crippen LogP contribution is 2.36. The fourth-order valence-electron chi connectivity index (χ4n) is 3.28. The molecule has 0 aromatic heterocycles. The fraction of sp³-hybridized carbons (Fsp3) is 0.500. The molecule has 0 saturated carbocycles. The van der Waals surface area contributed by atoms with E-state index < -0.39 is 5.97 Å². The molecular weight excluding hydrogens is 296 g/mol. The van der Waals surface area contributed by atoms with Gasteiger partial charge in [-0.1, -0.05) is 67.9 Å². The predicted molar refractivity (Wildman–Crippen MR) is 103 cm³/mol. The van der Waals surface area contributed by atoms with Crippen molar-refractivity contribution in [1.29, 1.82) is 0 Å². The minimum atomic E-state index is -0.795. The molecule has 2 heteroatoms. The smallest absolute Gasteiger partial charge is 0.307 e. The van der Waals surface area contributed by atoms with E-state index in [2.05, 4.69) is 39.8 Å². The predicted octanol–water partition coefficient (Wildman–Crippen LogP) is 6.38. The molecule has 24 heavy (non-hydrogen) atoms. The highest BCUT2D eigenvalue weighted by molar-refractivity contribution is 5.68. The summed E-state index contributed by atoms with van der Waals surface area (Å²) in [5, 5.41) is 8.68. The second kappa shape index (κ2) is 10.1. The van der Waals surface area contributed by atoms with Gasteiger partial charge < -0.3 is 5.11 Å². The first-order chi connectivity index (χ1) is 11.3. The summed E-state index contributed by atoms with van der Waals surface area (Å²) in [6, 6.07) is 0. The molecule has 1 N–H and O–H groups in total. The summed E-state index contributed by atoms with van der Waals surface area (Å²) < 4.78 is 0. The van der Waals surface area contributed by atoms with Crippen LogP contribution in [0.1, 0.15) is 66.7 Å². The number of rotatable bonds is 7. The van der Waals surface area contributed by atoms with Gasteiger partial charge in [-0.25, -0.2) is 0 Å². The van der Waals surface area contributed by atoms with Crippen molar-refractivity contribution in [3.63, 3.8) is 0 Å². The monoisotopic (exact) mass is 328 g/mol. The molecule has 0 fully saturated rings. The molecule has 0 bridgehead atoms. The highest BCUT2D eigenvalue weighted by atomic mass is 16.4. The number of carboxylic acid groups (broad SMARTS) is 1. The Hall–Kier alpha value is -1.83. The van der Waals surface area contributed by atoms with Crippen molar-refractivity contribution >= 4 is 5.97 Å². The third-order valence-corrected chi connectivity index (χ3v) is 4.37. The SMILES string of the molecule is CCC1=C(C(C)C)/C(=C/C(C)=C/C=C/C(C)=C/CC(=O)O)CCC1. The van der Waals surface area contributed by atoms with Gasteiger partial charge in [0.2, 0.25) is 0 Å². The Morgan fingerprint density at radius 3 is 2.50 bits per heavy atom. The summed E-state index contributed by atoms with van der Waals surface area (Å²) in [6.45, 7) is 10.9. The molecule has 2 nitrogen and oxygen atoms in total. The van der Waals surface area contributed by atoms with E-state index in [1.165, 1.54) is 30.4 Å². The molecule has 0 aliphatic heterocycles. The Kier molecular flexibility index (Phi) is 8.53. The second-order valence-corrected chi connectivity index (χ2v) is 6.86. The maximum Gasteiger partial charge on any atom is 0.307 e. The lowest BCUT2D eigenvalue weighted by Gasteiger charge is -2.26. The minimum Gasteiger partial charge on any atom is -0.481 e. The van der Waals surface area contributed by atoms with Crippen molar-refractivity contribution in [2.75, 3.05) is 0 Å². The Morgan fingerprint density at radius 2 is 1.92 bits per heavy atom. The van der Waals surface area contributed by atoms with E-state index in [4.69, 9.17) is 5.11 Å². The van der Waals surface area contributed by atoms with Gasteiger partial charge >= 0.3 is 5.97 Å². The Morgan fingerprint density at radius 1 is 1.21 bits per heavy atom. The molecule has 1 aliphatic rings. The van der Waals surface area contributed by atoms with E-state index in [9.17, 15) is 4.79 Å². The molecule has 132 valence electrons. The van der Waals surface area contributed by atoms with Crippen molar-refractivity contribution in [2.45, 2.75) is 66.7 Å². The standard InChI is InChI=1S/C22H32O2/c1-6-19-11-8-12-20(22(19)16(2)3)15-18(5)10-7-9-17(4)13-14-21(23)24/h7,9-10,13,15-16H,6,8,11-12,14H2,1-5H3,(H,23,24)/b9-7+,17-13+,18-10+,20-15+. The number of carboxylic acids is 1. The normalized spacial score (nSPS) is 19.0. The molecule has 0 atom stereocenters. The maximum absolute atomic E-state index is 10.6. The van der Waals surface area contributed by atoms with Crippen molar-refractivity contribution < 1.29 is 9.90 Å². The summed E-state index contributed by atoms with van der Waals surface area (Å²) in [5.74, 6) is -0.215. The molecule has 0 unspecified atom stereocenters. The van der Waals surface area contributed by atoms with Crippen LogP contribution in [-0.4, -0.2) is 11.1 Å². The van der Waals surface area contributed by atoms with E-state index >= 15 is 0 Å². The largest absolute Gasteiger partial charge is 0.481 e. The van der Waals surface area contributed by atoms with Gasteiger partial charge in [0.05, 0.1) is 6.42 Å². The van der Waals surface area contributed by atoms with Gasteiger partial charge in [-0.15, -0.1) is 0 Å². The first-order valence-electron chi connectivity index (χ1n) is 9.01. The zero-order chi connectivity index (χ0) is 18.1. The van der Waals surface area contributed by atoms with Gasteiger partial charge in [0.25, 0.3) is 0 Å². The molecule has 0 radical (unpaired) electrons. The van der Waals surface area contributed by atoms with Crippen LogP contribution in [-0.2, 0) is 4.79 Å². The molecule has 0 amide bonds. The summed E-state index contributed by atoms with van der Waals surface area (Å²) in [4.78, 5) is 10.6. The average Bonchev–Trinajstić information content (AvgIpc) is 2.52. The first-order valence-corrected chi connectivity index (χ1v) is 9.01.